The van der Waals surface area contributed by atoms with E-state index in [0.717, 1.165) is 5.69 Å². The van der Waals surface area contributed by atoms with Crippen molar-refractivity contribution in [2.45, 2.75) is 25.2 Å². The Morgan fingerprint density at radius 1 is 0.364 bits per heavy atom. The molecule has 1 heterocycles. The van der Waals surface area contributed by atoms with Crippen LogP contribution in [0.1, 0.15) is 47.6 Å². The van der Waals surface area contributed by atoms with Gasteiger partial charge in [-0.05, 0) is 102 Å². The van der Waals surface area contributed by atoms with Crippen molar-refractivity contribution < 1.29 is 0 Å². The fourth-order valence-corrected chi connectivity index (χ4v) is 8.89. The monoisotopic (exact) mass is 703 g/mol. The molecular weight excluding hydrogens is 663 g/mol. The first-order valence-electron chi connectivity index (χ1n) is 19.3. The molecule has 0 saturated carbocycles. The minimum atomic E-state index is -0.219. The smallest absolute Gasteiger partial charge is 0.0502 e. The van der Waals surface area contributed by atoms with Gasteiger partial charge in [0.15, 0.2) is 0 Å². The zero-order valence-corrected chi connectivity index (χ0v) is 31.2. The molecule has 1 aliphatic heterocycles. The zero-order chi connectivity index (χ0) is 36.9. The predicted molar refractivity (Wildman–Crippen MR) is 233 cm³/mol. The molecule has 0 N–H and O–H groups in total. The van der Waals surface area contributed by atoms with Crippen LogP contribution in [0.3, 0.4) is 0 Å². The molecule has 0 amide bonds. The molecule has 0 aromatic heterocycles. The normalized spacial score (nSPS) is 13.7. The van der Waals surface area contributed by atoms with Crippen molar-refractivity contribution >= 4 is 38.6 Å². The zero-order valence-electron chi connectivity index (χ0n) is 31.2. The lowest BCUT2D eigenvalue weighted by molar-refractivity contribution is 0.630. The topological polar surface area (TPSA) is 3.24 Å². The largest absolute Gasteiger partial charge is 0.310 e. The van der Waals surface area contributed by atoms with Crippen LogP contribution in [-0.2, 0) is 5.41 Å². The van der Waals surface area contributed by atoms with Gasteiger partial charge >= 0.3 is 0 Å². The number of para-hydroxylation sites is 1. The number of fused-ring (bicyclic) bond motifs is 5. The van der Waals surface area contributed by atoms with Crippen LogP contribution < -0.4 is 4.90 Å². The van der Waals surface area contributed by atoms with E-state index in [0.29, 0.717) is 0 Å². The average molecular weight is 704 g/mol. The lowest BCUT2D eigenvalue weighted by atomic mass is 9.72. The van der Waals surface area contributed by atoms with Gasteiger partial charge < -0.3 is 4.90 Å². The fourth-order valence-electron chi connectivity index (χ4n) is 8.89. The Morgan fingerprint density at radius 3 is 1.56 bits per heavy atom. The van der Waals surface area contributed by atoms with Crippen LogP contribution in [0.15, 0.2) is 206 Å². The first kappa shape index (κ1) is 32.9. The molecular formula is C54H41N. The molecule has 9 aromatic carbocycles. The van der Waals surface area contributed by atoms with E-state index < -0.39 is 0 Å². The highest BCUT2D eigenvalue weighted by molar-refractivity contribution is 6.07. The van der Waals surface area contributed by atoms with Crippen molar-refractivity contribution in [3.05, 3.63) is 234 Å². The number of hydrogen-bond acceptors (Lipinski definition) is 1. The molecule has 0 spiro atoms. The molecule has 0 bridgehead atoms. The molecule has 262 valence electrons. The van der Waals surface area contributed by atoms with Crippen molar-refractivity contribution in [1.29, 1.82) is 0 Å². The second-order valence-electron chi connectivity index (χ2n) is 15.4. The van der Waals surface area contributed by atoms with Crippen molar-refractivity contribution in [3.63, 3.8) is 0 Å². The van der Waals surface area contributed by atoms with Gasteiger partial charge in [0.1, 0.15) is 0 Å². The van der Waals surface area contributed by atoms with E-state index >= 15 is 0 Å². The van der Waals surface area contributed by atoms with E-state index in [1.54, 1.807) is 0 Å². The maximum Gasteiger partial charge on any atom is 0.0502 e. The van der Waals surface area contributed by atoms with Gasteiger partial charge in [0.2, 0.25) is 0 Å². The second-order valence-corrected chi connectivity index (χ2v) is 15.4. The van der Waals surface area contributed by atoms with E-state index in [9.17, 15) is 0 Å². The van der Waals surface area contributed by atoms with Gasteiger partial charge in [-0.25, -0.2) is 0 Å². The summed E-state index contributed by atoms with van der Waals surface area (Å²) >= 11 is 0. The van der Waals surface area contributed by atoms with Gasteiger partial charge in [0, 0.05) is 17.0 Å². The third-order valence-electron chi connectivity index (χ3n) is 11.8. The average Bonchev–Trinajstić information content (AvgIpc) is 3.25. The number of benzene rings is 9. The lowest BCUT2D eigenvalue weighted by Crippen LogP contribution is -2.31. The molecule has 9 aromatic rings. The van der Waals surface area contributed by atoms with Crippen LogP contribution in [0.2, 0.25) is 0 Å². The van der Waals surface area contributed by atoms with Gasteiger partial charge in [-0.2, -0.15) is 0 Å². The first-order valence-corrected chi connectivity index (χ1v) is 19.3. The van der Waals surface area contributed by atoms with E-state index in [2.05, 4.69) is 225 Å². The fraction of sp³-hybridized carbons (Fsp3) is 0.0741. The van der Waals surface area contributed by atoms with Crippen LogP contribution >= 0.6 is 0 Å². The molecule has 1 nitrogen and oxygen atoms in total. The Bertz CT molecular complexity index is 2820. The van der Waals surface area contributed by atoms with Gasteiger partial charge in [0.25, 0.3) is 0 Å². The SMILES string of the molecule is CC1(C)c2ccccc2N(c2ccc(-c3ccccc3)cc2)c2ccc(C(c3ccc(-c4ccccc4)cc3)c3ccc4ccc5ccccc5c4c3)cc21. The standard InChI is InChI=1S/C54H41N/c1-54(2)49-19-11-12-20-51(49)55(46-32-29-40(30-33-46)38-15-7-4-8-16-38)52-34-31-45(36-50(52)54)53(43-26-21-39(22-27-43)37-13-5-3-6-14-37)44-28-25-42-24-23-41-17-9-10-18-47(41)48(42)35-44/h3-36,53H,1-2H3. The van der Waals surface area contributed by atoms with E-state index in [1.807, 2.05) is 0 Å². The van der Waals surface area contributed by atoms with Crippen LogP contribution in [-0.4, -0.2) is 0 Å². The van der Waals surface area contributed by atoms with Gasteiger partial charge in [-0.1, -0.05) is 190 Å². The highest BCUT2D eigenvalue weighted by Crippen LogP contribution is 2.53. The molecule has 1 aliphatic rings. The predicted octanol–water partition coefficient (Wildman–Crippen LogP) is 14.6. The summed E-state index contributed by atoms with van der Waals surface area (Å²) in [6.45, 7) is 4.77. The summed E-state index contributed by atoms with van der Waals surface area (Å²) in [5, 5.41) is 5.11. The second kappa shape index (κ2) is 13.3. The van der Waals surface area contributed by atoms with Crippen LogP contribution in [0.5, 0.6) is 0 Å². The van der Waals surface area contributed by atoms with Crippen LogP contribution in [0.4, 0.5) is 17.1 Å². The number of anilines is 3. The molecule has 10 rings (SSSR count). The number of rotatable bonds is 6. The third kappa shape index (κ3) is 5.72. The van der Waals surface area contributed by atoms with Crippen molar-refractivity contribution in [3.8, 4) is 22.3 Å². The molecule has 1 atom stereocenters. The summed E-state index contributed by atoms with van der Waals surface area (Å²) in [4.78, 5) is 2.46. The van der Waals surface area contributed by atoms with Gasteiger partial charge in [-0.3, -0.25) is 0 Å². The van der Waals surface area contributed by atoms with E-state index in [1.165, 1.54) is 83.0 Å². The highest BCUT2D eigenvalue weighted by atomic mass is 15.2. The summed E-state index contributed by atoms with van der Waals surface area (Å²) in [5.74, 6) is 0.0325. The van der Waals surface area contributed by atoms with Crippen molar-refractivity contribution in [1.82, 2.24) is 0 Å². The minimum absolute atomic E-state index is 0.0325. The molecule has 0 aliphatic carbocycles. The molecule has 0 saturated heterocycles. The Balaban J connectivity index is 1.14. The maximum atomic E-state index is 2.50. The summed E-state index contributed by atoms with van der Waals surface area (Å²) in [5.41, 5.74) is 14.8. The summed E-state index contributed by atoms with van der Waals surface area (Å²) in [6, 6.07) is 76.1. The summed E-state index contributed by atoms with van der Waals surface area (Å²) in [7, 11) is 0. The Labute approximate surface area is 323 Å². The molecule has 1 heteroatoms. The Morgan fingerprint density at radius 2 is 0.855 bits per heavy atom. The molecule has 0 fully saturated rings. The summed E-state index contributed by atoms with van der Waals surface area (Å²) in [6.07, 6.45) is 0. The minimum Gasteiger partial charge on any atom is -0.310 e. The quantitative estimate of drug-likeness (QED) is 0.123. The Kier molecular flexibility index (Phi) is 7.96. The van der Waals surface area contributed by atoms with Crippen LogP contribution in [0.25, 0.3) is 43.8 Å². The summed E-state index contributed by atoms with van der Waals surface area (Å²) < 4.78 is 0. The van der Waals surface area contributed by atoms with Crippen LogP contribution in [0, 0.1) is 0 Å². The third-order valence-corrected chi connectivity index (χ3v) is 11.8. The molecule has 0 radical (unpaired) electrons. The van der Waals surface area contributed by atoms with E-state index in [4.69, 9.17) is 0 Å². The van der Waals surface area contributed by atoms with E-state index in [-0.39, 0.29) is 11.3 Å². The van der Waals surface area contributed by atoms with Crippen molar-refractivity contribution in [2.24, 2.45) is 0 Å². The van der Waals surface area contributed by atoms with Gasteiger partial charge in [0.05, 0.1) is 11.4 Å². The molecule has 1 unspecified atom stereocenters. The number of hydrogen-bond donors (Lipinski definition) is 0. The van der Waals surface area contributed by atoms with Gasteiger partial charge in [-0.15, -0.1) is 0 Å². The van der Waals surface area contributed by atoms with Crippen molar-refractivity contribution in [2.75, 3.05) is 4.90 Å². The lowest BCUT2D eigenvalue weighted by Gasteiger charge is -2.42. The Hall–Kier alpha value is -6.70. The maximum absolute atomic E-state index is 2.50. The first-order chi connectivity index (χ1) is 27.0. The highest BCUT2D eigenvalue weighted by Gasteiger charge is 2.37. The molecule has 55 heavy (non-hydrogen) atoms. The number of nitrogens with zero attached hydrogens (tertiary/aromatic N) is 1.